The van der Waals surface area contributed by atoms with E-state index in [9.17, 15) is 13.5 Å². The molecule has 0 radical (unpaired) electrons. The largest absolute Gasteiger partial charge is 0.391 e. The number of nitrogens with zero attached hydrogens (tertiary/aromatic N) is 4. The first-order valence-corrected chi connectivity index (χ1v) is 12.1. The number of benzene rings is 2. The molecule has 0 bridgehead atoms. The molecule has 1 N–H and O–H groups in total. The van der Waals surface area contributed by atoms with Crippen LogP contribution in [0.5, 0.6) is 0 Å². The summed E-state index contributed by atoms with van der Waals surface area (Å²) in [7, 11) is -3.09. The Morgan fingerprint density at radius 1 is 1.13 bits per heavy atom. The van der Waals surface area contributed by atoms with E-state index in [1.54, 1.807) is 4.68 Å². The van der Waals surface area contributed by atoms with Gasteiger partial charge >= 0.3 is 0 Å². The van der Waals surface area contributed by atoms with E-state index in [0.29, 0.717) is 13.1 Å². The van der Waals surface area contributed by atoms with Gasteiger partial charge in [0.1, 0.15) is 0 Å². The van der Waals surface area contributed by atoms with Crippen LogP contribution in [0.3, 0.4) is 0 Å². The minimum atomic E-state index is -3.09. The Bertz CT molecular complexity index is 1100. The summed E-state index contributed by atoms with van der Waals surface area (Å²) in [5.41, 5.74) is 3.59. The summed E-state index contributed by atoms with van der Waals surface area (Å²) in [6.07, 6.45) is 3.44. The van der Waals surface area contributed by atoms with Gasteiger partial charge in [0.2, 0.25) is 0 Å². The van der Waals surface area contributed by atoms with Crippen LogP contribution in [0.1, 0.15) is 29.2 Å². The number of rotatable bonds is 6. The summed E-state index contributed by atoms with van der Waals surface area (Å²) in [4.78, 5) is 2.18. The highest BCUT2D eigenvalue weighted by Gasteiger charge is 2.29. The monoisotopic (exact) mass is 426 g/mol. The molecule has 4 rings (SSSR count). The van der Waals surface area contributed by atoms with Crippen molar-refractivity contribution in [3.05, 3.63) is 77.6 Å². The van der Waals surface area contributed by atoms with Crippen molar-refractivity contribution in [2.75, 3.05) is 19.3 Å². The van der Waals surface area contributed by atoms with E-state index in [1.165, 1.54) is 6.26 Å². The lowest BCUT2D eigenvalue weighted by Gasteiger charge is -2.35. The van der Waals surface area contributed by atoms with Crippen LogP contribution >= 0.6 is 0 Å². The van der Waals surface area contributed by atoms with E-state index >= 15 is 0 Å². The average Bonchev–Trinajstić information content (AvgIpc) is 3.16. The minimum absolute atomic E-state index is 0.000705. The van der Waals surface area contributed by atoms with E-state index in [0.717, 1.165) is 35.5 Å². The summed E-state index contributed by atoms with van der Waals surface area (Å²) in [5.74, 6) is 0.0214. The third-order valence-corrected chi connectivity index (χ3v) is 6.28. The van der Waals surface area contributed by atoms with Crippen LogP contribution in [-0.4, -0.2) is 58.9 Å². The van der Waals surface area contributed by atoms with E-state index < -0.39 is 15.9 Å². The third kappa shape index (κ3) is 5.13. The Kier molecular flexibility index (Phi) is 5.99. The van der Waals surface area contributed by atoms with Crippen LogP contribution < -0.4 is 0 Å². The summed E-state index contributed by atoms with van der Waals surface area (Å²) < 4.78 is 24.9. The van der Waals surface area contributed by atoms with Crippen LogP contribution in [-0.2, 0) is 22.1 Å². The van der Waals surface area contributed by atoms with E-state index in [1.807, 2.05) is 60.8 Å². The number of aromatic nitrogens is 3. The van der Waals surface area contributed by atoms with Gasteiger partial charge in [-0.1, -0.05) is 47.7 Å². The zero-order valence-electron chi connectivity index (χ0n) is 16.9. The first kappa shape index (κ1) is 20.7. The van der Waals surface area contributed by atoms with Gasteiger partial charge in [-0.15, -0.1) is 5.10 Å². The summed E-state index contributed by atoms with van der Waals surface area (Å²) >= 11 is 0. The summed E-state index contributed by atoms with van der Waals surface area (Å²) in [5, 5.41) is 19.2. The number of aliphatic hydroxyl groups is 1. The Balaban J connectivity index is 1.39. The molecular weight excluding hydrogens is 400 g/mol. The maximum atomic E-state index is 11.6. The molecule has 158 valence electrons. The molecule has 1 saturated heterocycles. The quantitative estimate of drug-likeness (QED) is 0.650. The molecule has 3 aromatic rings. The van der Waals surface area contributed by atoms with Crippen molar-refractivity contribution >= 4 is 9.84 Å². The molecule has 0 aliphatic carbocycles. The van der Waals surface area contributed by atoms with Crippen molar-refractivity contribution in [1.29, 1.82) is 0 Å². The van der Waals surface area contributed by atoms with Crippen molar-refractivity contribution in [3.8, 4) is 5.69 Å². The van der Waals surface area contributed by atoms with Gasteiger partial charge in [-0.05, 0) is 36.2 Å². The third-order valence-electron chi connectivity index (χ3n) is 5.42. The second kappa shape index (κ2) is 8.67. The number of sulfone groups is 1. The molecule has 0 spiro atoms. The first-order chi connectivity index (χ1) is 14.4. The van der Waals surface area contributed by atoms with Gasteiger partial charge in [0, 0.05) is 25.3 Å². The molecule has 1 aliphatic rings. The van der Waals surface area contributed by atoms with Gasteiger partial charge in [-0.2, -0.15) is 0 Å². The van der Waals surface area contributed by atoms with Crippen LogP contribution in [0.4, 0.5) is 0 Å². The SMILES string of the molecule is CS(=O)(=O)Cc1cccc([C@@H]2CCN(Cc3cn(-c4ccccc4)nn3)C[C@@H]2O)c1. The van der Waals surface area contributed by atoms with Crippen LogP contribution in [0.25, 0.3) is 5.69 Å². The highest BCUT2D eigenvalue weighted by Crippen LogP contribution is 2.30. The molecule has 2 heterocycles. The fourth-order valence-corrected chi connectivity index (χ4v) is 4.84. The number of β-amino-alcohol motifs (C(OH)–C–C–N with tert-alkyl or cyclic N) is 1. The Hall–Kier alpha value is -2.55. The van der Waals surface area contributed by atoms with E-state index in [4.69, 9.17) is 0 Å². The molecule has 2 atom stereocenters. The highest BCUT2D eigenvalue weighted by atomic mass is 32.2. The maximum absolute atomic E-state index is 11.6. The normalized spacial score (nSPS) is 20.3. The van der Waals surface area contributed by atoms with Crippen LogP contribution in [0, 0.1) is 0 Å². The molecule has 0 saturated carbocycles. The standard InChI is InChI=1S/C22H26N4O3S/c1-30(28,29)16-17-6-5-7-18(12-17)21-10-11-25(15-22(21)27)13-19-14-26(24-23-19)20-8-3-2-4-9-20/h2-9,12,14,21-22,27H,10-11,13,15-16H2,1H3/t21-,22-/m0/s1. The van der Waals surface area contributed by atoms with Gasteiger partial charge < -0.3 is 5.11 Å². The topological polar surface area (TPSA) is 88.3 Å². The average molecular weight is 427 g/mol. The maximum Gasteiger partial charge on any atom is 0.151 e. The smallest absolute Gasteiger partial charge is 0.151 e. The van der Waals surface area contributed by atoms with Gasteiger partial charge in [0.05, 0.1) is 29.4 Å². The molecule has 2 aromatic carbocycles. The van der Waals surface area contributed by atoms with Crippen molar-refractivity contribution < 1.29 is 13.5 Å². The Morgan fingerprint density at radius 2 is 1.93 bits per heavy atom. The lowest BCUT2D eigenvalue weighted by Crippen LogP contribution is -2.42. The molecule has 1 aliphatic heterocycles. The predicted octanol–water partition coefficient (Wildman–Crippen LogP) is 2.16. The van der Waals surface area contributed by atoms with Crippen molar-refractivity contribution in [1.82, 2.24) is 19.9 Å². The van der Waals surface area contributed by atoms with Gasteiger partial charge in [0.25, 0.3) is 0 Å². The van der Waals surface area contributed by atoms with Crippen molar-refractivity contribution in [2.24, 2.45) is 0 Å². The molecule has 1 fully saturated rings. The molecular formula is C22H26N4O3S. The minimum Gasteiger partial charge on any atom is -0.391 e. The molecule has 8 heteroatoms. The zero-order valence-corrected chi connectivity index (χ0v) is 17.7. The van der Waals surface area contributed by atoms with E-state index in [2.05, 4.69) is 15.2 Å². The molecule has 0 amide bonds. The number of hydrogen-bond acceptors (Lipinski definition) is 6. The summed E-state index contributed by atoms with van der Waals surface area (Å²) in [6, 6.07) is 17.4. The van der Waals surface area contributed by atoms with Gasteiger partial charge in [-0.25, -0.2) is 13.1 Å². The Morgan fingerprint density at radius 3 is 2.67 bits per heavy atom. The second-order valence-corrected chi connectivity index (χ2v) is 10.1. The van der Waals surface area contributed by atoms with Crippen LogP contribution in [0.2, 0.25) is 0 Å². The number of hydrogen-bond donors (Lipinski definition) is 1. The fraction of sp³-hybridized carbons (Fsp3) is 0.364. The molecule has 0 unspecified atom stereocenters. The van der Waals surface area contributed by atoms with Gasteiger partial charge in [0.15, 0.2) is 9.84 Å². The van der Waals surface area contributed by atoms with Crippen molar-refractivity contribution in [3.63, 3.8) is 0 Å². The molecule has 1 aromatic heterocycles. The number of aliphatic hydroxyl groups excluding tert-OH is 1. The van der Waals surface area contributed by atoms with Crippen LogP contribution in [0.15, 0.2) is 60.8 Å². The highest BCUT2D eigenvalue weighted by molar-refractivity contribution is 7.89. The number of likely N-dealkylation sites (tertiary alicyclic amines) is 1. The summed E-state index contributed by atoms with van der Waals surface area (Å²) in [6.45, 7) is 2.00. The molecule has 30 heavy (non-hydrogen) atoms. The number of para-hydroxylation sites is 1. The van der Waals surface area contributed by atoms with Gasteiger partial charge in [-0.3, -0.25) is 4.90 Å². The first-order valence-electron chi connectivity index (χ1n) is 10.0. The molecule has 7 nitrogen and oxygen atoms in total. The lowest BCUT2D eigenvalue weighted by atomic mass is 9.86. The second-order valence-electron chi connectivity index (χ2n) is 8.00. The van der Waals surface area contributed by atoms with E-state index in [-0.39, 0.29) is 11.7 Å². The Labute approximate surface area is 176 Å². The zero-order chi connectivity index (χ0) is 21.1. The number of piperidine rings is 1. The predicted molar refractivity (Wildman–Crippen MR) is 115 cm³/mol. The lowest BCUT2D eigenvalue weighted by molar-refractivity contribution is 0.0471. The fourth-order valence-electron chi connectivity index (χ4n) is 4.05. The van der Waals surface area contributed by atoms with Crippen molar-refractivity contribution in [2.45, 2.75) is 30.7 Å².